The molecule has 5 N–H and O–H groups in total. The van der Waals surface area contributed by atoms with Crippen molar-refractivity contribution < 1.29 is 13.6 Å². The Hall–Kier alpha value is -2.56. The molecule has 1 aliphatic rings. The summed E-state index contributed by atoms with van der Waals surface area (Å²) in [6, 6.07) is 1.54. The molecule has 1 aromatic carbocycles. The van der Waals surface area contributed by atoms with E-state index in [2.05, 4.69) is 20.3 Å². The van der Waals surface area contributed by atoms with Crippen molar-refractivity contribution in [1.29, 1.82) is 0 Å². The highest BCUT2D eigenvalue weighted by Gasteiger charge is 2.25. The number of benzene rings is 1. The quantitative estimate of drug-likeness (QED) is 0.417. The van der Waals surface area contributed by atoms with Crippen molar-refractivity contribution in [3.63, 3.8) is 0 Å². The van der Waals surface area contributed by atoms with Crippen molar-refractivity contribution in [2.24, 2.45) is 5.73 Å². The molecule has 2 aromatic heterocycles. The van der Waals surface area contributed by atoms with Crippen molar-refractivity contribution in [2.75, 3.05) is 0 Å². The van der Waals surface area contributed by atoms with Crippen molar-refractivity contribution in [2.45, 2.75) is 44.3 Å². The highest BCUT2D eigenvalue weighted by molar-refractivity contribution is 7.71. The van der Waals surface area contributed by atoms with Gasteiger partial charge >= 0.3 is 0 Å². The summed E-state index contributed by atoms with van der Waals surface area (Å²) in [6.45, 7) is 0.240. The van der Waals surface area contributed by atoms with Gasteiger partial charge in [-0.15, -0.1) is 12.4 Å². The number of nitrogens with zero attached hydrogens (tertiary/aromatic N) is 2. The van der Waals surface area contributed by atoms with Gasteiger partial charge in [0.2, 0.25) is 5.91 Å². The van der Waals surface area contributed by atoms with E-state index in [1.54, 1.807) is 12.4 Å². The molecule has 4 rings (SSSR count). The molecular formula is C20H23ClF2N6OS. The highest BCUT2D eigenvalue weighted by Crippen LogP contribution is 2.32. The number of halogens is 3. The zero-order valence-corrected chi connectivity index (χ0v) is 18.2. The Morgan fingerprint density at radius 3 is 2.94 bits per heavy atom. The first-order chi connectivity index (χ1) is 14.4. The van der Waals surface area contributed by atoms with Gasteiger partial charge in [-0.05, 0) is 48.7 Å². The van der Waals surface area contributed by atoms with E-state index < -0.39 is 17.7 Å². The van der Waals surface area contributed by atoms with Gasteiger partial charge in [-0.25, -0.2) is 13.8 Å². The summed E-state index contributed by atoms with van der Waals surface area (Å²) in [5, 5.41) is 2.84. The van der Waals surface area contributed by atoms with E-state index in [0.717, 1.165) is 17.5 Å². The van der Waals surface area contributed by atoms with Crippen LogP contribution in [0.3, 0.4) is 0 Å². The summed E-state index contributed by atoms with van der Waals surface area (Å²) in [7, 11) is 0. The van der Waals surface area contributed by atoms with Gasteiger partial charge in [0.05, 0.1) is 24.6 Å². The number of nitrogens with two attached hydrogens (primary N) is 1. The summed E-state index contributed by atoms with van der Waals surface area (Å²) in [5.74, 6) is -1.37. The summed E-state index contributed by atoms with van der Waals surface area (Å²) >= 11 is 5.42. The van der Waals surface area contributed by atoms with Crippen LogP contribution >= 0.6 is 24.6 Å². The highest BCUT2D eigenvalue weighted by atomic mass is 35.5. The van der Waals surface area contributed by atoms with E-state index in [0.29, 0.717) is 41.6 Å². The lowest BCUT2D eigenvalue weighted by atomic mass is 9.87. The molecule has 1 unspecified atom stereocenters. The van der Waals surface area contributed by atoms with Gasteiger partial charge in [-0.1, -0.05) is 0 Å². The van der Waals surface area contributed by atoms with Crippen LogP contribution in [0.25, 0.3) is 0 Å². The number of aromatic nitrogens is 4. The minimum Gasteiger partial charge on any atom is -0.349 e. The Bertz CT molecular complexity index is 1110. The van der Waals surface area contributed by atoms with Crippen LogP contribution in [0.15, 0.2) is 30.9 Å². The number of carbonyl (C=O) groups is 1. The monoisotopic (exact) mass is 468 g/mol. The predicted octanol–water partition coefficient (Wildman–Crippen LogP) is 2.88. The minimum atomic E-state index is -0.715. The molecule has 7 nitrogen and oxygen atoms in total. The molecule has 31 heavy (non-hydrogen) atoms. The average Bonchev–Trinajstić information content (AvgIpc) is 3.34. The number of fused-ring (bicyclic) bond motifs is 1. The Labute approximate surface area is 188 Å². The first-order valence-corrected chi connectivity index (χ1v) is 10.1. The molecule has 0 bridgehead atoms. The summed E-state index contributed by atoms with van der Waals surface area (Å²) in [5.41, 5.74) is 8.76. The lowest BCUT2D eigenvalue weighted by molar-refractivity contribution is -0.122. The van der Waals surface area contributed by atoms with Crippen LogP contribution in [-0.4, -0.2) is 31.5 Å². The van der Waals surface area contributed by atoms with Crippen molar-refractivity contribution >= 4 is 30.5 Å². The van der Waals surface area contributed by atoms with Crippen LogP contribution in [0.5, 0.6) is 0 Å². The molecule has 3 aromatic rings. The molecule has 0 radical (unpaired) electrons. The Kier molecular flexibility index (Phi) is 7.24. The molecule has 0 saturated carbocycles. The van der Waals surface area contributed by atoms with Crippen LogP contribution in [0, 0.1) is 16.4 Å². The third-order valence-electron chi connectivity index (χ3n) is 5.47. The third-order valence-corrected chi connectivity index (χ3v) is 5.78. The molecule has 1 amide bonds. The van der Waals surface area contributed by atoms with Gasteiger partial charge in [-0.2, -0.15) is 0 Å². The van der Waals surface area contributed by atoms with Crippen molar-refractivity contribution in [3.05, 3.63) is 69.8 Å². The van der Waals surface area contributed by atoms with Gasteiger partial charge in [0.1, 0.15) is 11.6 Å². The maximum atomic E-state index is 14.0. The molecule has 2 heterocycles. The van der Waals surface area contributed by atoms with Gasteiger partial charge < -0.3 is 25.6 Å². The first-order valence-electron chi connectivity index (χ1n) is 9.68. The molecule has 1 aliphatic carbocycles. The second-order valence-corrected chi connectivity index (χ2v) is 7.87. The van der Waals surface area contributed by atoms with Gasteiger partial charge in [0.25, 0.3) is 0 Å². The minimum absolute atomic E-state index is 0. The number of carbonyl (C=O) groups excluding carboxylic acids is 1. The van der Waals surface area contributed by atoms with Crippen molar-refractivity contribution in [3.8, 4) is 0 Å². The van der Waals surface area contributed by atoms with Gasteiger partial charge in [-0.3, -0.25) is 4.79 Å². The standard InChI is InChI=1S/C20H22F2N6OS.ClH/c21-12-3-11-4-14(1-2-16(11)17(22)5-12)28-15(9-26-20(28)30)8-25-19(29)18(23)6-13-7-24-10-27-13;/h3,5,7,9-10,14,18H,1-2,4,6,8,23H2,(H,24,27)(H,25,29)(H,26,30);1H/t14?,18-;/m0./s1. The smallest absolute Gasteiger partial charge is 0.237 e. The molecule has 0 saturated heterocycles. The normalized spacial score (nSPS) is 16.3. The zero-order valence-electron chi connectivity index (χ0n) is 16.5. The number of rotatable bonds is 6. The number of aromatic amines is 2. The largest absolute Gasteiger partial charge is 0.349 e. The van der Waals surface area contributed by atoms with Crippen LogP contribution in [0.2, 0.25) is 0 Å². The van der Waals surface area contributed by atoms with E-state index in [-0.39, 0.29) is 30.9 Å². The van der Waals surface area contributed by atoms with E-state index in [4.69, 9.17) is 18.0 Å². The fourth-order valence-corrected chi connectivity index (χ4v) is 4.32. The maximum Gasteiger partial charge on any atom is 0.237 e. The Morgan fingerprint density at radius 2 is 2.19 bits per heavy atom. The van der Waals surface area contributed by atoms with Crippen LogP contribution < -0.4 is 11.1 Å². The number of imidazole rings is 2. The molecule has 0 fully saturated rings. The average molecular weight is 469 g/mol. The number of H-pyrrole nitrogens is 2. The van der Waals surface area contributed by atoms with E-state index in [1.165, 1.54) is 12.4 Å². The van der Waals surface area contributed by atoms with Gasteiger partial charge in [0, 0.05) is 36.6 Å². The SMILES string of the molecule is Cl.N[C@@H](Cc1cnc[nH]1)C(=O)NCc1c[nH]c(=S)n1C1CCc2c(F)cc(F)cc2C1. The Morgan fingerprint density at radius 1 is 1.39 bits per heavy atom. The molecule has 0 spiro atoms. The second kappa shape index (κ2) is 9.71. The predicted molar refractivity (Wildman–Crippen MR) is 116 cm³/mol. The molecule has 166 valence electrons. The molecular weight excluding hydrogens is 446 g/mol. The number of hydrogen-bond donors (Lipinski definition) is 4. The summed E-state index contributed by atoms with van der Waals surface area (Å²) in [6.07, 6.45) is 6.89. The summed E-state index contributed by atoms with van der Waals surface area (Å²) < 4.78 is 30.1. The number of nitrogens with one attached hydrogen (secondary N) is 3. The molecule has 11 heteroatoms. The third kappa shape index (κ3) is 5.03. The van der Waals surface area contributed by atoms with E-state index >= 15 is 0 Å². The first kappa shape index (κ1) is 23.1. The van der Waals surface area contributed by atoms with Crippen LogP contribution in [-0.2, 0) is 30.6 Å². The molecule has 2 atom stereocenters. The molecule has 0 aliphatic heterocycles. The zero-order chi connectivity index (χ0) is 21.3. The lowest BCUT2D eigenvalue weighted by Crippen LogP contribution is -2.42. The number of amides is 1. The van der Waals surface area contributed by atoms with Crippen LogP contribution in [0.4, 0.5) is 8.78 Å². The Balaban J connectivity index is 0.00000272. The van der Waals surface area contributed by atoms with Gasteiger partial charge in [0.15, 0.2) is 4.77 Å². The van der Waals surface area contributed by atoms with Crippen molar-refractivity contribution in [1.82, 2.24) is 24.8 Å². The topological polar surface area (TPSA) is 105 Å². The maximum absolute atomic E-state index is 14.0. The van der Waals surface area contributed by atoms with Crippen LogP contribution in [0.1, 0.15) is 35.0 Å². The lowest BCUT2D eigenvalue weighted by Gasteiger charge is -2.27. The number of hydrogen-bond acceptors (Lipinski definition) is 4. The second-order valence-electron chi connectivity index (χ2n) is 7.48. The van der Waals surface area contributed by atoms with E-state index in [9.17, 15) is 13.6 Å². The summed E-state index contributed by atoms with van der Waals surface area (Å²) in [4.78, 5) is 22.2. The van der Waals surface area contributed by atoms with E-state index in [1.807, 2.05) is 4.57 Å². The fourth-order valence-electron chi connectivity index (χ4n) is 3.99. The fraction of sp³-hybridized carbons (Fsp3) is 0.350.